The Kier molecular flexibility index (Phi) is 4.18. The van der Waals surface area contributed by atoms with E-state index in [1.807, 2.05) is 6.92 Å². The first-order valence-electron chi connectivity index (χ1n) is 5.76. The van der Waals surface area contributed by atoms with E-state index in [0.29, 0.717) is 18.0 Å². The summed E-state index contributed by atoms with van der Waals surface area (Å²) in [5.74, 6) is 0.0437. The fourth-order valence-corrected chi connectivity index (χ4v) is 6.09. The molecule has 0 aromatic carbocycles. The molecule has 1 saturated heterocycles. The lowest BCUT2D eigenvalue weighted by atomic mass is 10.0. The van der Waals surface area contributed by atoms with Gasteiger partial charge in [0.25, 0.3) is 0 Å². The maximum absolute atomic E-state index is 12.5. The van der Waals surface area contributed by atoms with Gasteiger partial charge in [0.2, 0.25) is 10.0 Å². The van der Waals surface area contributed by atoms with Crippen molar-refractivity contribution in [2.75, 3.05) is 13.1 Å². The standard InChI is InChI=1S/C11H16BrNO3S2/c1-7(14)9-3-4-13(6-9)18(15,16)10-5-11(12)17-8(10)2/h5,7,9,14H,3-4,6H2,1-2H3. The molecule has 0 radical (unpaired) electrons. The first kappa shape index (κ1) is 14.5. The highest BCUT2D eigenvalue weighted by Crippen LogP contribution is 2.33. The molecule has 1 aromatic rings. The average Bonchev–Trinajstić information content (AvgIpc) is 2.85. The summed E-state index contributed by atoms with van der Waals surface area (Å²) in [6, 6.07) is 1.66. The SMILES string of the molecule is Cc1sc(Br)cc1S(=O)(=O)N1CCC(C(C)O)C1. The monoisotopic (exact) mass is 353 g/mol. The Balaban J connectivity index is 2.26. The van der Waals surface area contributed by atoms with E-state index in [0.717, 1.165) is 15.1 Å². The van der Waals surface area contributed by atoms with Gasteiger partial charge in [-0.25, -0.2) is 8.42 Å². The van der Waals surface area contributed by atoms with Gasteiger partial charge in [-0.05, 0) is 48.2 Å². The number of aliphatic hydroxyl groups excluding tert-OH is 1. The molecule has 0 saturated carbocycles. The fourth-order valence-electron chi connectivity index (χ4n) is 2.19. The molecule has 0 bridgehead atoms. The molecule has 4 nitrogen and oxygen atoms in total. The summed E-state index contributed by atoms with van der Waals surface area (Å²) in [4.78, 5) is 1.17. The summed E-state index contributed by atoms with van der Waals surface area (Å²) in [6.07, 6.45) is 0.266. The second kappa shape index (κ2) is 5.20. The summed E-state index contributed by atoms with van der Waals surface area (Å²) in [5.41, 5.74) is 0. The molecule has 102 valence electrons. The molecule has 1 aromatic heterocycles. The molecule has 18 heavy (non-hydrogen) atoms. The van der Waals surface area contributed by atoms with Gasteiger partial charge in [0, 0.05) is 18.0 Å². The normalized spacial score (nSPS) is 23.4. The van der Waals surface area contributed by atoms with Crippen LogP contribution in [0.15, 0.2) is 14.7 Å². The smallest absolute Gasteiger partial charge is 0.244 e. The summed E-state index contributed by atoms with van der Waals surface area (Å²) < 4.78 is 27.2. The number of halogens is 1. The van der Waals surface area contributed by atoms with E-state index < -0.39 is 16.1 Å². The van der Waals surface area contributed by atoms with Crippen molar-refractivity contribution >= 4 is 37.3 Å². The highest BCUT2D eigenvalue weighted by Gasteiger charge is 2.35. The quantitative estimate of drug-likeness (QED) is 0.906. The van der Waals surface area contributed by atoms with Gasteiger partial charge in [0.15, 0.2) is 0 Å². The minimum absolute atomic E-state index is 0.0437. The minimum atomic E-state index is -3.41. The molecule has 0 aliphatic carbocycles. The van der Waals surface area contributed by atoms with E-state index in [1.165, 1.54) is 15.6 Å². The highest BCUT2D eigenvalue weighted by molar-refractivity contribution is 9.11. The van der Waals surface area contributed by atoms with Crippen molar-refractivity contribution in [3.05, 3.63) is 14.7 Å². The zero-order valence-electron chi connectivity index (χ0n) is 10.3. The van der Waals surface area contributed by atoms with E-state index in [-0.39, 0.29) is 5.92 Å². The number of thiophene rings is 1. The maximum Gasteiger partial charge on any atom is 0.244 e. The molecule has 1 aliphatic rings. The predicted octanol–water partition coefficient (Wildman–Crippen LogP) is 2.21. The third kappa shape index (κ3) is 2.65. The Morgan fingerprint density at radius 1 is 1.61 bits per heavy atom. The lowest BCUT2D eigenvalue weighted by Crippen LogP contribution is -2.30. The van der Waals surface area contributed by atoms with Gasteiger partial charge in [-0.15, -0.1) is 11.3 Å². The van der Waals surface area contributed by atoms with Crippen LogP contribution < -0.4 is 0 Å². The number of rotatable bonds is 3. The summed E-state index contributed by atoms with van der Waals surface area (Å²) in [6.45, 7) is 4.43. The van der Waals surface area contributed by atoms with Crippen molar-refractivity contribution in [1.29, 1.82) is 0 Å². The summed E-state index contributed by atoms with van der Waals surface area (Å²) in [5, 5.41) is 9.54. The molecular formula is C11H16BrNO3S2. The van der Waals surface area contributed by atoms with Crippen LogP contribution in [0.1, 0.15) is 18.2 Å². The third-order valence-electron chi connectivity index (χ3n) is 3.33. The Labute approximate surface area is 120 Å². The zero-order chi connectivity index (χ0) is 13.5. The average molecular weight is 354 g/mol. The molecule has 7 heteroatoms. The van der Waals surface area contributed by atoms with Crippen LogP contribution in [0.3, 0.4) is 0 Å². The van der Waals surface area contributed by atoms with Crippen LogP contribution in [-0.2, 0) is 10.0 Å². The topological polar surface area (TPSA) is 57.6 Å². The van der Waals surface area contributed by atoms with Crippen molar-refractivity contribution in [1.82, 2.24) is 4.31 Å². The fraction of sp³-hybridized carbons (Fsp3) is 0.636. The zero-order valence-corrected chi connectivity index (χ0v) is 13.5. The first-order valence-corrected chi connectivity index (χ1v) is 8.81. The van der Waals surface area contributed by atoms with E-state index in [9.17, 15) is 13.5 Å². The number of nitrogens with zero attached hydrogens (tertiary/aromatic N) is 1. The second-order valence-corrected chi connectivity index (χ2v) is 9.17. The molecule has 0 spiro atoms. The second-order valence-electron chi connectivity index (χ2n) is 4.62. The molecule has 2 atom stereocenters. The molecule has 2 heterocycles. The summed E-state index contributed by atoms with van der Waals surface area (Å²) in [7, 11) is -3.41. The van der Waals surface area contributed by atoms with Crippen molar-refractivity contribution < 1.29 is 13.5 Å². The Morgan fingerprint density at radius 2 is 2.28 bits per heavy atom. The maximum atomic E-state index is 12.5. The highest BCUT2D eigenvalue weighted by atomic mass is 79.9. The lowest BCUT2D eigenvalue weighted by molar-refractivity contribution is 0.133. The van der Waals surface area contributed by atoms with Crippen LogP contribution in [0.2, 0.25) is 0 Å². The molecular weight excluding hydrogens is 338 g/mol. The van der Waals surface area contributed by atoms with Crippen LogP contribution in [0.5, 0.6) is 0 Å². The Hall–Kier alpha value is 0.0500. The van der Waals surface area contributed by atoms with E-state index in [1.54, 1.807) is 13.0 Å². The van der Waals surface area contributed by atoms with E-state index in [4.69, 9.17) is 0 Å². The van der Waals surface area contributed by atoms with Gasteiger partial charge in [-0.2, -0.15) is 4.31 Å². The van der Waals surface area contributed by atoms with Gasteiger partial charge in [-0.1, -0.05) is 0 Å². The largest absolute Gasteiger partial charge is 0.393 e. The lowest BCUT2D eigenvalue weighted by Gasteiger charge is -2.17. The molecule has 1 aliphatic heterocycles. The Morgan fingerprint density at radius 3 is 2.72 bits per heavy atom. The third-order valence-corrected chi connectivity index (χ3v) is 7.00. The van der Waals surface area contributed by atoms with Gasteiger partial charge in [0.1, 0.15) is 0 Å². The number of aryl methyl sites for hydroxylation is 1. The predicted molar refractivity (Wildman–Crippen MR) is 75.3 cm³/mol. The van der Waals surface area contributed by atoms with Crippen molar-refractivity contribution in [3.63, 3.8) is 0 Å². The van der Waals surface area contributed by atoms with Crippen LogP contribution in [0, 0.1) is 12.8 Å². The Bertz CT molecular complexity index is 538. The first-order chi connectivity index (χ1) is 8.32. The van der Waals surface area contributed by atoms with Gasteiger partial charge >= 0.3 is 0 Å². The van der Waals surface area contributed by atoms with Crippen LogP contribution >= 0.6 is 27.3 Å². The van der Waals surface area contributed by atoms with Crippen LogP contribution in [0.4, 0.5) is 0 Å². The number of aliphatic hydroxyl groups is 1. The molecule has 0 amide bonds. The molecule has 2 unspecified atom stereocenters. The molecule has 2 rings (SSSR count). The minimum Gasteiger partial charge on any atom is -0.393 e. The molecule has 1 N–H and O–H groups in total. The van der Waals surface area contributed by atoms with E-state index >= 15 is 0 Å². The van der Waals surface area contributed by atoms with Crippen molar-refractivity contribution in [3.8, 4) is 0 Å². The van der Waals surface area contributed by atoms with Crippen LogP contribution in [0.25, 0.3) is 0 Å². The van der Waals surface area contributed by atoms with Gasteiger partial charge in [-0.3, -0.25) is 0 Å². The number of sulfonamides is 1. The number of hydrogen-bond acceptors (Lipinski definition) is 4. The van der Waals surface area contributed by atoms with Gasteiger partial charge in [0.05, 0.1) is 14.8 Å². The van der Waals surface area contributed by atoms with Crippen molar-refractivity contribution in [2.45, 2.75) is 31.3 Å². The number of hydrogen-bond donors (Lipinski definition) is 1. The van der Waals surface area contributed by atoms with Crippen molar-refractivity contribution in [2.24, 2.45) is 5.92 Å². The molecule has 1 fully saturated rings. The van der Waals surface area contributed by atoms with E-state index in [2.05, 4.69) is 15.9 Å². The van der Waals surface area contributed by atoms with Crippen LogP contribution in [-0.4, -0.2) is 37.0 Å². The van der Waals surface area contributed by atoms with Gasteiger partial charge < -0.3 is 5.11 Å². The summed E-state index contributed by atoms with van der Waals surface area (Å²) >= 11 is 4.74.